The lowest BCUT2D eigenvalue weighted by atomic mass is 10.2. The lowest BCUT2D eigenvalue weighted by molar-refractivity contribution is 0.0734. The van der Waals surface area contributed by atoms with Gasteiger partial charge >= 0.3 is 5.97 Å². The number of esters is 1. The standard InChI is InChI=1S/C32H29ClN2O5/c1-2-3-20-38-27-18-12-25(13-19-27)32(37)40-28-16-10-23(11-17-28)21-34-35-31(36)29-6-4-5-7-30(29)39-22-24-8-14-26(33)15-9-24/h4-19,21H,2-3,20,22H2,1H3,(H,35,36)/b34-21-. The molecule has 40 heavy (non-hydrogen) atoms. The average Bonchev–Trinajstić information content (AvgIpc) is 2.98. The fourth-order valence-electron chi connectivity index (χ4n) is 3.56. The van der Waals surface area contributed by atoms with Crippen molar-refractivity contribution >= 4 is 29.7 Å². The molecular weight excluding hydrogens is 528 g/mol. The van der Waals surface area contributed by atoms with Crippen LogP contribution < -0.4 is 19.6 Å². The van der Waals surface area contributed by atoms with Crippen molar-refractivity contribution in [2.45, 2.75) is 26.4 Å². The summed E-state index contributed by atoms with van der Waals surface area (Å²) in [5.74, 6) is 0.673. The van der Waals surface area contributed by atoms with Crippen LogP contribution in [0.2, 0.25) is 5.02 Å². The van der Waals surface area contributed by atoms with Crippen LogP contribution in [0.25, 0.3) is 0 Å². The zero-order chi connectivity index (χ0) is 28.2. The van der Waals surface area contributed by atoms with Crippen LogP contribution in [0.5, 0.6) is 17.2 Å². The Balaban J connectivity index is 1.28. The fourth-order valence-corrected chi connectivity index (χ4v) is 3.68. The first kappa shape index (κ1) is 28.4. The molecule has 0 aliphatic carbocycles. The summed E-state index contributed by atoms with van der Waals surface area (Å²) in [5, 5.41) is 4.69. The van der Waals surface area contributed by atoms with Gasteiger partial charge in [-0.3, -0.25) is 4.79 Å². The topological polar surface area (TPSA) is 86.2 Å². The van der Waals surface area contributed by atoms with E-state index >= 15 is 0 Å². The summed E-state index contributed by atoms with van der Waals surface area (Å²) >= 11 is 5.93. The van der Waals surface area contributed by atoms with Gasteiger partial charge in [-0.2, -0.15) is 5.10 Å². The zero-order valence-corrected chi connectivity index (χ0v) is 22.8. The maximum atomic E-state index is 12.7. The second kappa shape index (κ2) is 14.5. The number of para-hydroxylation sites is 1. The van der Waals surface area contributed by atoms with E-state index in [1.807, 2.05) is 12.1 Å². The molecule has 0 atom stereocenters. The molecule has 0 fully saturated rings. The van der Waals surface area contributed by atoms with Gasteiger partial charge in [0, 0.05) is 5.02 Å². The molecule has 0 aliphatic heterocycles. The fraction of sp³-hybridized carbons (Fsp3) is 0.156. The molecule has 0 aromatic heterocycles. The molecule has 1 N–H and O–H groups in total. The number of halogens is 1. The van der Waals surface area contributed by atoms with Gasteiger partial charge < -0.3 is 14.2 Å². The number of nitrogens with one attached hydrogen (secondary N) is 1. The summed E-state index contributed by atoms with van der Waals surface area (Å²) in [6.45, 7) is 3.04. The molecule has 0 aliphatic rings. The van der Waals surface area contributed by atoms with Gasteiger partial charge in [0.15, 0.2) is 0 Å². The van der Waals surface area contributed by atoms with E-state index in [9.17, 15) is 9.59 Å². The summed E-state index contributed by atoms with van der Waals surface area (Å²) in [7, 11) is 0. The predicted molar refractivity (Wildman–Crippen MR) is 156 cm³/mol. The van der Waals surface area contributed by atoms with E-state index < -0.39 is 11.9 Å². The van der Waals surface area contributed by atoms with Gasteiger partial charge in [-0.15, -0.1) is 0 Å². The minimum Gasteiger partial charge on any atom is -0.494 e. The monoisotopic (exact) mass is 556 g/mol. The van der Waals surface area contributed by atoms with Crippen molar-refractivity contribution in [3.8, 4) is 17.2 Å². The van der Waals surface area contributed by atoms with E-state index in [1.165, 1.54) is 6.21 Å². The Morgan fingerprint density at radius 2 is 1.55 bits per heavy atom. The molecule has 0 spiro atoms. The average molecular weight is 557 g/mol. The molecule has 0 radical (unpaired) electrons. The van der Waals surface area contributed by atoms with Gasteiger partial charge in [0.25, 0.3) is 5.91 Å². The Labute approximate surface area is 238 Å². The van der Waals surface area contributed by atoms with Gasteiger partial charge in [-0.1, -0.05) is 49.2 Å². The highest BCUT2D eigenvalue weighted by atomic mass is 35.5. The molecule has 0 saturated carbocycles. The van der Waals surface area contributed by atoms with Crippen molar-refractivity contribution < 1.29 is 23.8 Å². The molecule has 8 heteroatoms. The summed E-state index contributed by atoms with van der Waals surface area (Å²) in [6, 6.07) is 27.9. The van der Waals surface area contributed by atoms with E-state index in [2.05, 4.69) is 17.5 Å². The third kappa shape index (κ3) is 8.44. The van der Waals surface area contributed by atoms with Gasteiger partial charge in [0.1, 0.15) is 23.9 Å². The lowest BCUT2D eigenvalue weighted by Gasteiger charge is -2.10. The minimum absolute atomic E-state index is 0.292. The van der Waals surface area contributed by atoms with Gasteiger partial charge in [0.2, 0.25) is 0 Å². The molecule has 0 unspecified atom stereocenters. The summed E-state index contributed by atoms with van der Waals surface area (Å²) in [6.07, 6.45) is 3.53. The van der Waals surface area contributed by atoms with Gasteiger partial charge in [-0.05, 0) is 90.3 Å². The van der Waals surface area contributed by atoms with Crippen LogP contribution in [0, 0.1) is 0 Å². The Bertz CT molecular complexity index is 1440. The molecule has 4 aromatic carbocycles. The van der Waals surface area contributed by atoms with Crippen LogP contribution in [-0.4, -0.2) is 24.7 Å². The first-order chi connectivity index (χ1) is 19.5. The number of carbonyl (C=O) groups excluding carboxylic acids is 2. The van der Waals surface area contributed by atoms with Gasteiger partial charge in [-0.25, -0.2) is 10.2 Å². The summed E-state index contributed by atoms with van der Waals surface area (Å²) in [4.78, 5) is 25.2. The number of hydrogen-bond donors (Lipinski definition) is 1. The van der Waals surface area contributed by atoms with E-state index in [0.29, 0.717) is 46.4 Å². The number of unbranched alkanes of at least 4 members (excludes halogenated alkanes) is 1. The molecule has 1 amide bonds. The Morgan fingerprint density at radius 1 is 0.850 bits per heavy atom. The number of hydrogen-bond acceptors (Lipinski definition) is 6. The van der Waals surface area contributed by atoms with E-state index in [-0.39, 0.29) is 0 Å². The predicted octanol–water partition coefficient (Wildman–Crippen LogP) is 7.08. The van der Waals surface area contributed by atoms with E-state index in [1.54, 1.807) is 84.9 Å². The zero-order valence-electron chi connectivity index (χ0n) is 22.0. The molecule has 0 heterocycles. The lowest BCUT2D eigenvalue weighted by Crippen LogP contribution is -2.18. The summed E-state index contributed by atoms with van der Waals surface area (Å²) < 4.78 is 16.9. The van der Waals surface area contributed by atoms with Crippen LogP contribution in [0.1, 0.15) is 51.6 Å². The smallest absolute Gasteiger partial charge is 0.343 e. The SMILES string of the molecule is CCCCOc1ccc(C(=O)Oc2ccc(/C=N\NC(=O)c3ccccc3OCc3ccc(Cl)cc3)cc2)cc1. The number of rotatable bonds is 12. The third-order valence-electron chi connectivity index (χ3n) is 5.77. The Kier molecular flexibility index (Phi) is 10.3. The largest absolute Gasteiger partial charge is 0.494 e. The highest BCUT2D eigenvalue weighted by Gasteiger charge is 2.12. The van der Waals surface area contributed by atoms with Crippen molar-refractivity contribution in [1.29, 1.82) is 0 Å². The molecular formula is C32H29ClN2O5. The Morgan fingerprint density at radius 3 is 2.27 bits per heavy atom. The minimum atomic E-state index is -0.467. The van der Waals surface area contributed by atoms with Crippen LogP contribution in [0.3, 0.4) is 0 Å². The van der Waals surface area contributed by atoms with Crippen LogP contribution in [-0.2, 0) is 6.61 Å². The van der Waals surface area contributed by atoms with Crippen molar-refractivity contribution in [1.82, 2.24) is 5.43 Å². The van der Waals surface area contributed by atoms with Crippen LogP contribution >= 0.6 is 11.6 Å². The molecule has 0 bridgehead atoms. The highest BCUT2D eigenvalue weighted by molar-refractivity contribution is 6.30. The van der Waals surface area contributed by atoms with Crippen molar-refractivity contribution in [3.05, 3.63) is 124 Å². The maximum absolute atomic E-state index is 12.7. The maximum Gasteiger partial charge on any atom is 0.343 e. The van der Waals surface area contributed by atoms with Crippen molar-refractivity contribution in [2.24, 2.45) is 5.10 Å². The first-order valence-corrected chi connectivity index (χ1v) is 13.2. The molecule has 0 saturated heterocycles. The molecule has 4 aromatic rings. The van der Waals surface area contributed by atoms with Crippen LogP contribution in [0.15, 0.2) is 102 Å². The second-order valence-corrected chi connectivity index (χ2v) is 9.23. The van der Waals surface area contributed by atoms with Crippen molar-refractivity contribution in [3.63, 3.8) is 0 Å². The quantitative estimate of drug-likeness (QED) is 0.0662. The normalized spacial score (nSPS) is 10.8. The molecule has 204 valence electrons. The van der Waals surface area contributed by atoms with E-state index in [4.69, 9.17) is 25.8 Å². The molecule has 4 rings (SSSR count). The number of benzene rings is 4. The second-order valence-electron chi connectivity index (χ2n) is 8.80. The number of ether oxygens (including phenoxy) is 3. The number of nitrogens with zero attached hydrogens (tertiary/aromatic N) is 1. The van der Waals surface area contributed by atoms with Gasteiger partial charge in [0.05, 0.1) is 23.9 Å². The van der Waals surface area contributed by atoms with E-state index in [0.717, 1.165) is 24.2 Å². The number of carbonyl (C=O) groups is 2. The number of hydrazone groups is 1. The van der Waals surface area contributed by atoms with Crippen molar-refractivity contribution in [2.75, 3.05) is 6.61 Å². The first-order valence-electron chi connectivity index (χ1n) is 12.9. The highest BCUT2D eigenvalue weighted by Crippen LogP contribution is 2.20. The van der Waals surface area contributed by atoms with Crippen LogP contribution in [0.4, 0.5) is 0 Å². The molecule has 7 nitrogen and oxygen atoms in total. The third-order valence-corrected chi connectivity index (χ3v) is 6.02. The Hall–Kier alpha value is -4.62. The summed E-state index contributed by atoms with van der Waals surface area (Å²) in [5.41, 5.74) is 4.94. The number of amides is 1.